The maximum absolute atomic E-state index is 13.3. The molecule has 2 aromatic carbocycles. The molecule has 158 valence electrons. The van der Waals surface area contributed by atoms with E-state index in [1.165, 1.54) is 24.3 Å². The highest BCUT2D eigenvalue weighted by molar-refractivity contribution is 5.86. The van der Waals surface area contributed by atoms with Crippen molar-refractivity contribution in [3.05, 3.63) is 85.9 Å². The zero-order valence-corrected chi connectivity index (χ0v) is 16.5. The third kappa shape index (κ3) is 3.01. The van der Waals surface area contributed by atoms with Gasteiger partial charge in [-0.25, -0.2) is 13.8 Å². The highest BCUT2D eigenvalue weighted by Crippen LogP contribution is 2.36. The van der Waals surface area contributed by atoms with Gasteiger partial charge < -0.3 is 20.1 Å². The Hall–Kier alpha value is -3.85. The molecular formula is C22H19FN4O4. The first kappa shape index (κ1) is 19.1. The number of nitrogens with zero attached hydrogens (tertiary/aromatic N) is 1. The number of aromatic hydroxyl groups is 1. The van der Waals surface area contributed by atoms with E-state index >= 15 is 0 Å². The Labute approximate surface area is 174 Å². The minimum atomic E-state index is -0.810. The van der Waals surface area contributed by atoms with E-state index in [4.69, 9.17) is 4.74 Å². The number of benzene rings is 2. The second-order valence-corrected chi connectivity index (χ2v) is 7.37. The Bertz CT molecular complexity index is 1420. The van der Waals surface area contributed by atoms with Gasteiger partial charge >= 0.3 is 5.69 Å². The van der Waals surface area contributed by atoms with Crippen molar-refractivity contribution >= 4 is 10.9 Å². The maximum Gasteiger partial charge on any atom is 0.335 e. The first-order chi connectivity index (χ1) is 15.0. The molecule has 0 fully saturated rings. The largest absolute Gasteiger partial charge is 0.497 e. The Morgan fingerprint density at radius 2 is 1.90 bits per heavy atom. The molecule has 0 amide bonds. The summed E-state index contributed by atoms with van der Waals surface area (Å²) in [5.74, 6) is -0.259. The third-order valence-corrected chi connectivity index (χ3v) is 5.65. The van der Waals surface area contributed by atoms with Crippen LogP contribution in [0.2, 0.25) is 0 Å². The van der Waals surface area contributed by atoms with Gasteiger partial charge in [-0.3, -0.25) is 9.78 Å². The Balaban J connectivity index is 1.72. The monoisotopic (exact) mass is 422 g/mol. The molecule has 0 aliphatic carbocycles. The minimum absolute atomic E-state index is 0.00314. The fourth-order valence-electron chi connectivity index (χ4n) is 4.21. The summed E-state index contributed by atoms with van der Waals surface area (Å²) in [5, 5.41) is 15.2. The molecular weight excluding hydrogens is 403 g/mol. The summed E-state index contributed by atoms with van der Waals surface area (Å²) in [4.78, 5) is 30.8. The summed E-state index contributed by atoms with van der Waals surface area (Å²) in [6.07, 6.45) is 0.718. The molecule has 8 nitrogen and oxygen atoms in total. The zero-order chi connectivity index (χ0) is 21.7. The van der Waals surface area contributed by atoms with Gasteiger partial charge in [0.05, 0.1) is 18.8 Å². The number of H-pyrrole nitrogens is 2. The fraction of sp³-hybridized carbons (Fsp3) is 0.182. The van der Waals surface area contributed by atoms with Crippen molar-refractivity contribution in [1.29, 1.82) is 0 Å². The molecule has 1 aliphatic heterocycles. The van der Waals surface area contributed by atoms with Gasteiger partial charge in [0.25, 0.3) is 5.56 Å². The number of ether oxygens (including phenoxy) is 1. The van der Waals surface area contributed by atoms with Crippen LogP contribution in [0.4, 0.5) is 4.39 Å². The molecule has 1 aliphatic rings. The van der Waals surface area contributed by atoms with Crippen molar-refractivity contribution < 1.29 is 14.2 Å². The van der Waals surface area contributed by atoms with Crippen molar-refractivity contribution in [1.82, 2.24) is 19.9 Å². The van der Waals surface area contributed by atoms with E-state index in [0.29, 0.717) is 6.54 Å². The van der Waals surface area contributed by atoms with E-state index in [9.17, 15) is 19.1 Å². The highest BCUT2D eigenvalue weighted by Gasteiger charge is 2.31. The molecule has 4 N–H and O–H groups in total. The Morgan fingerprint density at radius 1 is 1.13 bits per heavy atom. The van der Waals surface area contributed by atoms with Crippen LogP contribution in [0.15, 0.2) is 52.1 Å². The van der Waals surface area contributed by atoms with Crippen LogP contribution in [-0.2, 0) is 6.42 Å². The normalized spacial score (nSPS) is 15.7. The lowest BCUT2D eigenvalue weighted by atomic mass is 9.95. The summed E-state index contributed by atoms with van der Waals surface area (Å²) in [6.45, 7) is 0.566. The summed E-state index contributed by atoms with van der Waals surface area (Å²) >= 11 is 0. The Kier molecular flexibility index (Phi) is 4.40. The van der Waals surface area contributed by atoms with Crippen LogP contribution in [0.5, 0.6) is 11.6 Å². The van der Waals surface area contributed by atoms with E-state index < -0.39 is 29.0 Å². The quantitative estimate of drug-likeness (QED) is 0.404. The zero-order valence-electron chi connectivity index (χ0n) is 16.5. The van der Waals surface area contributed by atoms with E-state index in [-0.39, 0.29) is 11.3 Å². The molecule has 1 atom stereocenters. The molecule has 9 heteroatoms. The molecule has 0 bridgehead atoms. The topological polar surface area (TPSA) is 112 Å². The van der Waals surface area contributed by atoms with Crippen LogP contribution in [0.25, 0.3) is 16.6 Å². The van der Waals surface area contributed by atoms with Crippen molar-refractivity contribution in [2.24, 2.45) is 0 Å². The number of aromatic amines is 2. The predicted octanol–water partition coefficient (Wildman–Crippen LogP) is 2.10. The molecule has 0 saturated carbocycles. The number of rotatable bonds is 3. The fourth-order valence-corrected chi connectivity index (χ4v) is 4.21. The van der Waals surface area contributed by atoms with Gasteiger partial charge in [-0.2, -0.15) is 0 Å². The smallest absolute Gasteiger partial charge is 0.335 e. The first-order valence-corrected chi connectivity index (χ1v) is 9.74. The standard InChI is InChI=1S/C22H19FN4O4/c1-31-13-6-7-16-15(10-13)14-8-9-24-19(18(14)25-16)17-20(28)26-22(30)27(21(17)29)12-4-2-11(23)3-5-12/h2-7,10,19,24-25,29H,8-9H2,1H3,(H,26,28,30)/t19-/m1/s1. The van der Waals surface area contributed by atoms with Crippen molar-refractivity contribution in [2.75, 3.05) is 13.7 Å². The molecule has 4 aromatic rings. The molecule has 3 heterocycles. The van der Waals surface area contributed by atoms with E-state index in [0.717, 1.165) is 38.9 Å². The number of aromatic nitrogens is 3. The summed E-state index contributed by atoms with van der Waals surface area (Å²) in [7, 11) is 1.60. The van der Waals surface area contributed by atoms with Gasteiger partial charge in [0.15, 0.2) is 0 Å². The number of halogens is 1. The van der Waals surface area contributed by atoms with E-state index in [1.54, 1.807) is 7.11 Å². The second kappa shape index (κ2) is 7.13. The van der Waals surface area contributed by atoms with Crippen LogP contribution >= 0.6 is 0 Å². The SMILES string of the molecule is COc1ccc2[nH]c3c(c2c1)CCN[C@@H]3c1c(O)n(-c2ccc(F)cc2)c(=O)[nH]c1=O. The highest BCUT2D eigenvalue weighted by atomic mass is 19.1. The summed E-state index contributed by atoms with van der Waals surface area (Å²) in [5.41, 5.74) is 1.36. The molecule has 0 saturated heterocycles. The maximum atomic E-state index is 13.3. The molecule has 31 heavy (non-hydrogen) atoms. The average molecular weight is 422 g/mol. The first-order valence-electron chi connectivity index (χ1n) is 9.74. The van der Waals surface area contributed by atoms with Crippen LogP contribution in [0, 0.1) is 5.82 Å². The molecule has 5 rings (SSSR count). The van der Waals surface area contributed by atoms with Crippen LogP contribution in [-0.4, -0.2) is 33.3 Å². The van der Waals surface area contributed by atoms with Gasteiger partial charge in [0.2, 0.25) is 5.88 Å². The average Bonchev–Trinajstić information content (AvgIpc) is 3.13. The Morgan fingerprint density at radius 3 is 2.65 bits per heavy atom. The lowest BCUT2D eigenvalue weighted by molar-refractivity contribution is 0.409. The van der Waals surface area contributed by atoms with Gasteiger partial charge in [0, 0.05) is 23.1 Å². The molecule has 0 spiro atoms. The van der Waals surface area contributed by atoms with E-state index in [1.807, 2.05) is 18.2 Å². The lowest BCUT2D eigenvalue weighted by Gasteiger charge is -2.25. The summed E-state index contributed by atoms with van der Waals surface area (Å²) < 4.78 is 19.6. The number of methoxy groups -OCH3 is 1. The van der Waals surface area contributed by atoms with Crippen molar-refractivity contribution in [3.8, 4) is 17.3 Å². The molecule has 0 unspecified atom stereocenters. The van der Waals surface area contributed by atoms with Crippen LogP contribution in [0.3, 0.4) is 0 Å². The minimum Gasteiger partial charge on any atom is -0.497 e. The van der Waals surface area contributed by atoms with Gasteiger partial charge in [-0.05, 0) is 54.4 Å². The van der Waals surface area contributed by atoms with E-state index in [2.05, 4.69) is 15.3 Å². The van der Waals surface area contributed by atoms with Gasteiger partial charge in [-0.15, -0.1) is 0 Å². The number of hydrogen-bond donors (Lipinski definition) is 4. The third-order valence-electron chi connectivity index (χ3n) is 5.65. The number of hydrogen-bond acceptors (Lipinski definition) is 5. The summed E-state index contributed by atoms with van der Waals surface area (Å²) in [6, 6.07) is 10.1. The van der Waals surface area contributed by atoms with Gasteiger partial charge in [-0.1, -0.05) is 0 Å². The van der Waals surface area contributed by atoms with Crippen molar-refractivity contribution in [2.45, 2.75) is 12.5 Å². The van der Waals surface area contributed by atoms with Crippen LogP contribution in [0.1, 0.15) is 22.9 Å². The van der Waals surface area contributed by atoms with Crippen molar-refractivity contribution in [3.63, 3.8) is 0 Å². The van der Waals surface area contributed by atoms with Gasteiger partial charge in [0.1, 0.15) is 17.1 Å². The molecule has 2 aromatic heterocycles. The number of nitrogens with one attached hydrogen (secondary N) is 3. The second-order valence-electron chi connectivity index (χ2n) is 7.37. The lowest BCUT2D eigenvalue weighted by Crippen LogP contribution is -2.38. The predicted molar refractivity (Wildman–Crippen MR) is 113 cm³/mol. The number of fused-ring (bicyclic) bond motifs is 3. The van der Waals surface area contributed by atoms with Crippen LogP contribution < -0.4 is 21.3 Å². The molecule has 0 radical (unpaired) electrons.